The Morgan fingerprint density at radius 1 is 1.13 bits per heavy atom. The summed E-state index contributed by atoms with van der Waals surface area (Å²) in [6.45, 7) is 2.06. The summed E-state index contributed by atoms with van der Waals surface area (Å²) in [6.07, 6.45) is 0.712. The second kappa shape index (κ2) is 7.45. The maximum Gasteiger partial charge on any atom is 0.315 e. The lowest BCUT2D eigenvalue weighted by Crippen LogP contribution is -2.55. The van der Waals surface area contributed by atoms with Gasteiger partial charge in [-0.15, -0.1) is 0 Å². The molecule has 0 heterocycles. The van der Waals surface area contributed by atoms with Gasteiger partial charge in [-0.3, -0.25) is 0 Å². The van der Waals surface area contributed by atoms with Crippen molar-refractivity contribution in [2.24, 2.45) is 5.73 Å². The Labute approximate surface area is 147 Å². The van der Waals surface area contributed by atoms with E-state index in [9.17, 15) is 4.79 Å². The lowest BCUT2D eigenvalue weighted by molar-refractivity contribution is -0.127. The smallest absolute Gasteiger partial charge is 0.315 e. The highest BCUT2D eigenvalue weighted by molar-refractivity contribution is 6.42. The van der Waals surface area contributed by atoms with Crippen LogP contribution in [-0.4, -0.2) is 25.5 Å². The maximum atomic E-state index is 12.3. The van der Waals surface area contributed by atoms with Gasteiger partial charge in [0.15, 0.2) is 0 Å². The minimum Gasteiger partial charge on any atom is -0.323 e. The topological polar surface area (TPSA) is 43.1 Å². The van der Waals surface area contributed by atoms with Crippen LogP contribution >= 0.6 is 23.2 Å². The van der Waals surface area contributed by atoms with Crippen molar-refractivity contribution in [3.8, 4) is 0 Å². The van der Waals surface area contributed by atoms with E-state index in [0.717, 1.165) is 11.3 Å². The van der Waals surface area contributed by atoms with E-state index < -0.39 is 0 Å². The fourth-order valence-corrected chi connectivity index (χ4v) is 2.95. The van der Waals surface area contributed by atoms with Crippen LogP contribution in [0.3, 0.4) is 0 Å². The van der Waals surface area contributed by atoms with Gasteiger partial charge >= 0.3 is 5.91 Å². The van der Waals surface area contributed by atoms with Gasteiger partial charge in [-0.2, -0.15) is 0 Å². The molecule has 5 heteroatoms. The molecule has 2 aromatic carbocycles. The Kier molecular flexibility index (Phi) is 5.82. The number of amides is 1. The molecule has 0 spiro atoms. The number of quaternary nitrogens is 1. The van der Waals surface area contributed by atoms with Gasteiger partial charge in [0, 0.05) is 12.1 Å². The van der Waals surface area contributed by atoms with Crippen molar-refractivity contribution in [2.45, 2.75) is 19.4 Å². The molecule has 3 nitrogen and oxygen atoms in total. The van der Waals surface area contributed by atoms with Crippen LogP contribution in [-0.2, 0) is 11.2 Å². The van der Waals surface area contributed by atoms with Crippen molar-refractivity contribution in [3.63, 3.8) is 0 Å². The molecule has 0 aromatic heterocycles. The van der Waals surface area contributed by atoms with Gasteiger partial charge in [-0.1, -0.05) is 53.5 Å². The van der Waals surface area contributed by atoms with E-state index in [0.29, 0.717) is 23.0 Å². The number of likely N-dealkylation sites (N-methyl/N-ethyl adjacent to an activating group) is 1. The van der Waals surface area contributed by atoms with Gasteiger partial charge in [0.25, 0.3) is 0 Å². The van der Waals surface area contributed by atoms with Gasteiger partial charge < -0.3 is 5.73 Å². The molecule has 1 unspecified atom stereocenters. The van der Waals surface area contributed by atoms with Gasteiger partial charge in [0.05, 0.1) is 30.1 Å². The Balaban J connectivity index is 2.23. The summed E-state index contributed by atoms with van der Waals surface area (Å²) in [6, 6.07) is 15.1. The second-order valence-electron chi connectivity index (χ2n) is 5.94. The van der Waals surface area contributed by atoms with Crippen LogP contribution in [0.4, 0.5) is 5.69 Å². The van der Waals surface area contributed by atoms with E-state index in [4.69, 9.17) is 28.9 Å². The molecule has 2 aromatic rings. The molecule has 0 bridgehead atoms. The predicted molar refractivity (Wildman–Crippen MR) is 97.8 cm³/mol. The standard InChI is InChI=1S/C18H21Cl2N2O/c1-13(23)22(2,16-8-9-17(19)18(20)11-16)12-15(21)10-14-6-4-3-5-7-14/h3-9,11,15H,10,12,21H2,1-2H3/q+1/t15?,22-/m1/s1. The summed E-state index contributed by atoms with van der Waals surface area (Å²) < 4.78 is 0.0882. The van der Waals surface area contributed by atoms with E-state index in [2.05, 4.69) is 0 Å². The van der Waals surface area contributed by atoms with Crippen LogP contribution in [0, 0.1) is 0 Å². The summed E-state index contributed by atoms with van der Waals surface area (Å²) in [5.41, 5.74) is 8.25. The minimum absolute atomic E-state index is 0.00639. The Morgan fingerprint density at radius 3 is 2.35 bits per heavy atom. The zero-order valence-corrected chi connectivity index (χ0v) is 14.8. The molecule has 2 atom stereocenters. The molecule has 0 saturated carbocycles. The first kappa shape index (κ1) is 18.0. The molecule has 2 rings (SSSR count). The fourth-order valence-electron chi connectivity index (χ4n) is 2.66. The van der Waals surface area contributed by atoms with Crippen molar-refractivity contribution in [2.75, 3.05) is 13.6 Å². The fraction of sp³-hybridized carbons (Fsp3) is 0.278. The minimum atomic E-state index is -0.152. The number of hydrogen-bond acceptors (Lipinski definition) is 2. The average Bonchev–Trinajstić information content (AvgIpc) is 2.50. The molecular formula is C18H21Cl2N2O+. The first-order valence-corrected chi connectivity index (χ1v) is 8.20. The highest BCUT2D eigenvalue weighted by Crippen LogP contribution is 2.30. The molecule has 1 amide bonds. The molecular weight excluding hydrogens is 331 g/mol. The molecule has 0 aliphatic heterocycles. The average molecular weight is 352 g/mol. The third-order valence-electron chi connectivity index (χ3n) is 4.11. The highest BCUT2D eigenvalue weighted by atomic mass is 35.5. The van der Waals surface area contributed by atoms with E-state index >= 15 is 0 Å². The van der Waals surface area contributed by atoms with Crippen LogP contribution < -0.4 is 10.2 Å². The Bertz CT molecular complexity index is 691. The van der Waals surface area contributed by atoms with Crippen LogP contribution in [0.2, 0.25) is 10.0 Å². The van der Waals surface area contributed by atoms with Crippen molar-refractivity contribution in [1.29, 1.82) is 0 Å². The normalized spacial score (nSPS) is 15.0. The number of hydrogen-bond donors (Lipinski definition) is 1. The number of nitrogens with zero attached hydrogens (tertiary/aromatic N) is 1. The van der Waals surface area contributed by atoms with Crippen LogP contribution in [0.25, 0.3) is 0 Å². The van der Waals surface area contributed by atoms with E-state index in [1.165, 1.54) is 0 Å². The molecule has 23 heavy (non-hydrogen) atoms. The summed E-state index contributed by atoms with van der Waals surface area (Å²) in [5, 5.41) is 0.908. The zero-order valence-electron chi connectivity index (χ0n) is 13.3. The number of benzene rings is 2. The third-order valence-corrected chi connectivity index (χ3v) is 4.85. The number of carbonyl (C=O) groups is 1. The number of carbonyl (C=O) groups excluding carboxylic acids is 1. The molecule has 0 saturated heterocycles. The quantitative estimate of drug-likeness (QED) is 0.825. The number of nitrogens with two attached hydrogens (primary N) is 1. The predicted octanol–water partition coefficient (Wildman–Crippen LogP) is 4.05. The van der Waals surface area contributed by atoms with E-state index in [1.807, 2.05) is 43.4 Å². The van der Waals surface area contributed by atoms with Crippen molar-refractivity contribution < 1.29 is 4.79 Å². The number of halogens is 2. The molecule has 122 valence electrons. The van der Waals surface area contributed by atoms with Crippen molar-refractivity contribution >= 4 is 34.8 Å². The van der Waals surface area contributed by atoms with E-state index in [1.54, 1.807) is 19.1 Å². The third kappa shape index (κ3) is 4.33. The number of rotatable bonds is 5. The lowest BCUT2D eigenvalue weighted by atomic mass is 10.0. The van der Waals surface area contributed by atoms with Gasteiger partial charge in [0.2, 0.25) is 0 Å². The van der Waals surface area contributed by atoms with E-state index in [-0.39, 0.29) is 16.4 Å². The highest BCUT2D eigenvalue weighted by Gasteiger charge is 2.33. The van der Waals surface area contributed by atoms with Crippen LogP contribution in [0.15, 0.2) is 48.5 Å². The molecule has 0 aliphatic rings. The van der Waals surface area contributed by atoms with Crippen LogP contribution in [0.1, 0.15) is 12.5 Å². The first-order chi connectivity index (χ1) is 10.8. The molecule has 2 N–H and O–H groups in total. The monoisotopic (exact) mass is 351 g/mol. The maximum absolute atomic E-state index is 12.3. The SMILES string of the molecule is CC(=O)[N@@+](C)(CC(N)Cc1ccccc1)c1ccc(Cl)c(Cl)c1. The van der Waals surface area contributed by atoms with Gasteiger partial charge in [-0.05, 0) is 18.1 Å². The Hall–Kier alpha value is -1.39. The summed E-state index contributed by atoms with van der Waals surface area (Å²) >= 11 is 12.1. The molecule has 0 radical (unpaired) electrons. The lowest BCUT2D eigenvalue weighted by Gasteiger charge is -2.32. The summed E-state index contributed by atoms with van der Waals surface area (Å²) in [5.74, 6) is 0.00639. The molecule has 0 fully saturated rings. The first-order valence-electron chi connectivity index (χ1n) is 7.44. The zero-order chi connectivity index (χ0) is 17.0. The van der Waals surface area contributed by atoms with Crippen molar-refractivity contribution in [3.05, 3.63) is 64.1 Å². The van der Waals surface area contributed by atoms with Crippen LogP contribution in [0.5, 0.6) is 0 Å². The summed E-state index contributed by atoms with van der Waals surface area (Å²) in [7, 11) is 1.85. The summed E-state index contributed by atoms with van der Waals surface area (Å²) in [4.78, 5) is 12.3. The van der Waals surface area contributed by atoms with Crippen molar-refractivity contribution in [1.82, 2.24) is 4.48 Å². The molecule has 0 aliphatic carbocycles. The van der Waals surface area contributed by atoms with Gasteiger partial charge in [0.1, 0.15) is 12.2 Å². The van der Waals surface area contributed by atoms with Gasteiger partial charge in [-0.25, -0.2) is 9.28 Å². The Morgan fingerprint density at radius 2 is 1.78 bits per heavy atom. The second-order valence-corrected chi connectivity index (χ2v) is 6.76. The largest absolute Gasteiger partial charge is 0.323 e.